The normalized spacial score (nSPS) is 12.1. The smallest absolute Gasteiger partial charge is 0.326 e. The molecule has 1 unspecified atom stereocenters. The lowest BCUT2D eigenvalue weighted by atomic mass is 10.0. The van der Waals surface area contributed by atoms with Gasteiger partial charge in [0.05, 0.1) is 30.6 Å². The van der Waals surface area contributed by atoms with E-state index in [0.29, 0.717) is 28.3 Å². The average Bonchev–Trinajstić information content (AvgIpc) is 3.37. The Labute approximate surface area is 254 Å². The van der Waals surface area contributed by atoms with Gasteiger partial charge in [-0.3, -0.25) is 10.1 Å². The summed E-state index contributed by atoms with van der Waals surface area (Å²) in [6, 6.07) is 22.5. The number of benzene rings is 4. The second-order valence-corrected chi connectivity index (χ2v) is 11.9. The monoisotopic (exact) mass is 613 g/mol. The summed E-state index contributed by atoms with van der Waals surface area (Å²) in [6.07, 6.45) is -0.450. The minimum Gasteiger partial charge on any atom is -0.495 e. The summed E-state index contributed by atoms with van der Waals surface area (Å²) in [4.78, 5) is 31.7. The molecule has 0 saturated carbocycles. The molecule has 0 radical (unpaired) electrons. The largest absolute Gasteiger partial charge is 0.495 e. The number of carboxylic acid groups (broad SMARTS) is 1. The van der Waals surface area contributed by atoms with Gasteiger partial charge >= 0.3 is 12.0 Å². The molecule has 0 aliphatic carbocycles. The number of aromatic nitrogens is 2. The van der Waals surface area contributed by atoms with Crippen molar-refractivity contribution in [2.24, 2.45) is 0 Å². The minimum atomic E-state index is -4.24. The maximum Gasteiger partial charge on any atom is 0.326 e. The molecule has 1 heterocycles. The van der Waals surface area contributed by atoms with Crippen LogP contribution in [-0.2, 0) is 14.8 Å². The zero-order chi connectivity index (χ0) is 31.4. The molecule has 5 N–H and O–H groups in total. The van der Waals surface area contributed by atoms with E-state index in [-0.39, 0.29) is 10.6 Å². The lowest BCUT2D eigenvalue weighted by Crippen LogP contribution is -2.30. The highest BCUT2D eigenvalue weighted by molar-refractivity contribution is 7.89. The van der Waals surface area contributed by atoms with Crippen molar-refractivity contribution < 1.29 is 27.9 Å². The Morgan fingerprint density at radius 1 is 0.909 bits per heavy atom. The van der Waals surface area contributed by atoms with Crippen molar-refractivity contribution in [3.8, 4) is 16.9 Å². The van der Waals surface area contributed by atoms with Gasteiger partial charge in [-0.2, -0.15) is 0 Å². The van der Waals surface area contributed by atoms with Crippen LogP contribution in [0.5, 0.6) is 5.75 Å². The molecule has 0 bridgehead atoms. The second-order valence-electron chi connectivity index (χ2n) is 10.2. The van der Waals surface area contributed by atoms with Gasteiger partial charge in [-0.15, -0.1) is 0 Å². The first-order valence-electron chi connectivity index (χ1n) is 13.6. The van der Waals surface area contributed by atoms with E-state index in [1.54, 1.807) is 60.7 Å². The van der Waals surface area contributed by atoms with Gasteiger partial charge in [0.2, 0.25) is 16.0 Å². The van der Waals surface area contributed by atoms with Crippen molar-refractivity contribution in [1.82, 2.24) is 14.7 Å². The van der Waals surface area contributed by atoms with Crippen LogP contribution in [0.1, 0.15) is 29.2 Å². The fourth-order valence-corrected chi connectivity index (χ4v) is 6.20. The van der Waals surface area contributed by atoms with Crippen molar-refractivity contribution in [3.63, 3.8) is 0 Å². The lowest BCUT2D eigenvalue weighted by Gasteiger charge is -2.19. The van der Waals surface area contributed by atoms with Crippen LogP contribution >= 0.6 is 0 Å². The quantitative estimate of drug-likeness (QED) is 0.129. The Bertz CT molecular complexity index is 1920. The third-order valence-corrected chi connectivity index (χ3v) is 8.61. The molecule has 44 heavy (non-hydrogen) atoms. The number of sulfonamides is 1. The van der Waals surface area contributed by atoms with Crippen LogP contribution in [0.15, 0.2) is 89.8 Å². The lowest BCUT2D eigenvalue weighted by molar-refractivity contribution is -0.137. The molecule has 0 fully saturated rings. The van der Waals surface area contributed by atoms with E-state index < -0.39 is 34.5 Å². The number of aromatic amines is 1. The Kier molecular flexibility index (Phi) is 8.65. The predicted octanol–water partition coefficient (Wildman–Crippen LogP) is 5.99. The number of imidazole rings is 1. The molecule has 1 aromatic heterocycles. The average molecular weight is 614 g/mol. The molecule has 2 amide bonds. The van der Waals surface area contributed by atoms with Gasteiger partial charge in [-0.05, 0) is 78.1 Å². The number of H-pyrrole nitrogens is 1. The van der Waals surface area contributed by atoms with Crippen LogP contribution in [-0.4, -0.2) is 42.6 Å². The number of carboxylic acids is 1. The Balaban J connectivity index is 1.37. The summed E-state index contributed by atoms with van der Waals surface area (Å²) in [7, 11) is -2.88. The van der Waals surface area contributed by atoms with Crippen LogP contribution < -0.4 is 20.1 Å². The Hall–Kier alpha value is -5.20. The maximum atomic E-state index is 13.6. The van der Waals surface area contributed by atoms with E-state index >= 15 is 0 Å². The Morgan fingerprint density at radius 3 is 2.36 bits per heavy atom. The number of fused-ring (bicyclic) bond motifs is 1. The van der Waals surface area contributed by atoms with Gasteiger partial charge in [-0.1, -0.05) is 48.5 Å². The standard InChI is InChI=1S/C32H31N5O6S/c1-19-14-26-27(15-20(19)2)35-31(34-26)36-32(40)33-24-11-7-10-22(16-24)23-12-13-28(43-3)29(17-23)44(41,42)37-25(18-30(38)39)21-8-5-4-6-9-21/h4-17,25,37H,18H2,1-3H3,(H,38,39)(H3,33,34,35,36,40). The number of aliphatic carboxylic acids is 1. The summed E-state index contributed by atoms with van der Waals surface area (Å²) in [5.74, 6) is -0.762. The number of carbonyl (C=O) groups is 2. The first-order chi connectivity index (χ1) is 21.0. The van der Waals surface area contributed by atoms with Gasteiger partial charge in [-0.25, -0.2) is 22.9 Å². The number of urea groups is 1. The zero-order valence-electron chi connectivity index (χ0n) is 24.2. The molecule has 226 valence electrons. The van der Waals surface area contributed by atoms with Gasteiger partial charge in [0, 0.05) is 5.69 Å². The molecule has 0 spiro atoms. The topological polar surface area (TPSA) is 163 Å². The number of hydrogen-bond acceptors (Lipinski definition) is 6. The third-order valence-electron chi connectivity index (χ3n) is 7.11. The van der Waals surface area contributed by atoms with Gasteiger partial charge < -0.3 is 20.1 Å². The molecule has 11 nitrogen and oxygen atoms in total. The van der Waals surface area contributed by atoms with Crippen LogP contribution in [0.2, 0.25) is 0 Å². The predicted molar refractivity (Wildman–Crippen MR) is 168 cm³/mol. The van der Waals surface area contributed by atoms with E-state index in [1.807, 2.05) is 26.0 Å². The molecule has 0 aliphatic heterocycles. The number of aryl methyl sites for hydroxylation is 2. The number of rotatable bonds is 10. The number of nitrogens with one attached hydrogen (secondary N) is 4. The molecule has 5 aromatic rings. The molecule has 4 aromatic carbocycles. The second kappa shape index (κ2) is 12.6. The van der Waals surface area contributed by atoms with Gasteiger partial charge in [0.25, 0.3) is 0 Å². The van der Waals surface area contributed by atoms with Crippen molar-refractivity contribution in [3.05, 3.63) is 102 Å². The maximum absolute atomic E-state index is 13.6. The molecule has 1 atom stereocenters. The number of anilines is 2. The van der Waals surface area contributed by atoms with Crippen molar-refractivity contribution >= 4 is 44.7 Å². The van der Waals surface area contributed by atoms with Gasteiger partial charge in [0.15, 0.2) is 0 Å². The van der Waals surface area contributed by atoms with Gasteiger partial charge in [0.1, 0.15) is 10.6 Å². The van der Waals surface area contributed by atoms with E-state index in [9.17, 15) is 23.1 Å². The number of hydrogen-bond donors (Lipinski definition) is 5. The fraction of sp³-hybridized carbons (Fsp3) is 0.156. The van der Waals surface area contributed by atoms with Crippen LogP contribution in [0, 0.1) is 13.8 Å². The Morgan fingerprint density at radius 2 is 1.64 bits per heavy atom. The molecule has 0 aliphatic rings. The van der Waals surface area contributed by atoms with Crippen molar-refractivity contribution in [2.75, 3.05) is 17.7 Å². The molecular formula is C32H31N5O6S. The molecule has 0 saturated heterocycles. The minimum absolute atomic E-state index is 0.0910. The van der Waals surface area contributed by atoms with E-state index in [0.717, 1.165) is 22.2 Å². The van der Waals surface area contributed by atoms with Crippen LogP contribution in [0.25, 0.3) is 22.2 Å². The van der Waals surface area contributed by atoms with E-state index in [1.165, 1.54) is 19.2 Å². The number of carbonyl (C=O) groups excluding carboxylic acids is 1. The van der Waals surface area contributed by atoms with Crippen LogP contribution in [0.3, 0.4) is 0 Å². The summed E-state index contributed by atoms with van der Waals surface area (Å²) in [5, 5.41) is 14.9. The van der Waals surface area contributed by atoms with Crippen molar-refractivity contribution in [2.45, 2.75) is 31.2 Å². The molecule has 5 rings (SSSR count). The number of nitrogens with zero attached hydrogens (tertiary/aromatic N) is 1. The van der Waals surface area contributed by atoms with Crippen molar-refractivity contribution in [1.29, 1.82) is 0 Å². The summed E-state index contributed by atoms with van der Waals surface area (Å²) in [6.45, 7) is 4.00. The highest BCUT2D eigenvalue weighted by atomic mass is 32.2. The number of ether oxygens (including phenoxy) is 1. The third kappa shape index (κ3) is 6.88. The highest BCUT2D eigenvalue weighted by Crippen LogP contribution is 2.32. The molecule has 12 heteroatoms. The highest BCUT2D eigenvalue weighted by Gasteiger charge is 2.27. The summed E-state index contributed by atoms with van der Waals surface area (Å²) >= 11 is 0. The zero-order valence-corrected chi connectivity index (χ0v) is 25.0. The SMILES string of the molecule is COc1ccc(-c2cccc(NC(=O)Nc3nc4cc(C)c(C)cc4[nH]3)c2)cc1S(=O)(=O)NC(CC(=O)O)c1ccccc1. The number of methoxy groups -OCH3 is 1. The fourth-order valence-electron chi connectivity index (χ4n) is 4.78. The number of amides is 2. The first kappa shape index (κ1) is 30.3. The first-order valence-corrected chi connectivity index (χ1v) is 15.1. The summed E-state index contributed by atoms with van der Waals surface area (Å²) in [5.41, 5.74) is 5.89. The van der Waals surface area contributed by atoms with E-state index in [2.05, 4.69) is 25.3 Å². The molecular weight excluding hydrogens is 582 g/mol. The van der Waals surface area contributed by atoms with Crippen LogP contribution in [0.4, 0.5) is 16.4 Å². The summed E-state index contributed by atoms with van der Waals surface area (Å²) < 4.78 is 35.1. The van der Waals surface area contributed by atoms with E-state index in [4.69, 9.17) is 4.74 Å².